The van der Waals surface area contributed by atoms with Crippen LogP contribution in [0.5, 0.6) is 5.75 Å². The molecule has 0 aliphatic carbocycles. The number of hydrogen-bond acceptors (Lipinski definition) is 5. The molecule has 0 aliphatic rings. The van der Waals surface area contributed by atoms with E-state index in [1.165, 1.54) is 5.56 Å². The van der Waals surface area contributed by atoms with Crippen molar-refractivity contribution < 1.29 is 9.37 Å². The fourth-order valence-corrected chi connectivity index (χ4v) is 1.54. The summed E-state index contributed by atoms with van der Waals surface area (Å²) in [5.41, 5.74) is 8.17. The van der Waals surface area contributed by atoms with Crippen molar-refractivity contribution in [2.75, 3.05) is 12.8 Å². The average molecular weight is 219 g/mol. The maximum Gasteiger partial charge on any atom is 0.196 e. The first kappa shape index (κ1) is 10.5. The van der Waals surface area contributed by atoms with Gasteiger partial charge in [-0.1, -0.05) is 13.0 Å². The Morgan fingerprint density at radius 2 is 2.19 bits per heavy atom. The Hall–Kier alpha value is -2.04. The number of nitrogens with two attached hydrogens (primary N) is 1. The molecule has 1 heterocycles. The van der Waals surface area contributed by atoms with E-state index in [9.17, 15) is 0 Å². The molecule has 0 amide bonds. The zero-order chi connectivity index (χ0) is 11.5. The van der Waals surface area contributed by atoms with Crippen molar-refractivity contribution >= 4 is 5.82 Å². The average Bonchev–Trinajstić information content (AvgIpc) is 2.74. The topological polar surface area (TPSA) is 74.2 Å². The van der Waals surface area contributed by atoms with Crippen LogP contribution in [-0.2, 0) is 6.42 Å². The standard InChI is InChI=1S/C11H13N3O2/c1-3-7-4-5-9(15-2)8(6-7)10-11(12)14-16-13-10/h4-6H,3H2,1-2H3,(H2,12,14). The van der Waals surface area contributed by atoms with E-state index in [2.05, 4.69) is 21.9 Å². The molecular formula is C11H13N3O2. The zero-order valence-corrected chi connectivity index (χ0v) is 9.23. The Balaban J connectivity index is 2.57. The summed E-state index contributed by atoms with van der Waals surface area (Å²) in [4.78, 5) is 0. The van der Waals surface area contributed by atoms with Crippen molar-refractivity contribution in [1.82, 2.24) is 10.3 Å². The van der Waals surface area contributed by atoms with Crippen LogP contribution in [0.3, 0.4) is 0 Å². The van der Waals surface area contributed by atoms with Gasteiger partial charge in [0.1, 0.15) is 5.75 Å². The number of aryl methyl sites for hydroxylation is 1. The van der Waals surface area contributed by atoms with Gasteiger partial charge in [0.15, 0.2) is 11.5 Å². The molecule has 5 nitrogen and oxygen atoms in total. The zero-order valence-electron chi connectivity index (χ0n) is 9.23. The SMILES string of the molecule is CCc1ccc(OC)c(-c2nonc2N)c1. The van der Waals surface area contributed by atoms with E-state index in [1.807, 2.05) is 18.2 Å². The second kappa shape index (κ2) is 4.22. The van der Waals surface area contributed by atoms with Crippen LogP contribution in [0.15, 0.2) is 22.8 Å². The number of anilines is 1. The molecule has 0 fully saturated rings. The van der Waals surface area contributed by atoms with E-state index in [4.69, 9.17) is 10.5 Å². The molecule has 0 aliphatic heterocycles. The molecule has 0 radical (unpaired) electrons. The molecule has 0 saturated heterocycles. The smallest absolute Gasteiger partial charge is 0.196 e. The lowest BCUT2D eigenvalue weighted by atomic mass is 10.1. The second-order valence-electron chi connectivity index (χ2n) is 3.39. The monoisotopic (exact) mass is 219 g/mol. The molecule has 0 saturated carbocycles. The van der Waals surface area contributed by atoms with Crippen molar-refractivity contribution in [3.63, 3.8) is 0 Å². The third-order valence-electron chi connectivity index (χ3n) is 2.44. The molecule has 2 aromatic rings. The van der Waals surface area contributed by atoms with Crippen LogP contribution in [-0.4, -0.2) is 17.4 Å². The van der Waals surface area contributed by atoms with Crippen molar-refractivity contribution in [1.29, 1.82) is 0 Å². The molecular weight excluding hydrogens is 206 g/mol. The largest absolute Gasteiger partial charge is 0.496 e. The van der Waals surface area contributed by atoms with E-state index >= 15 is 0 Å². The highest BCUT2D eigenvalue weighted by atomic mass is 16.6. The van der Waals surface area contributed by atoms with Crippen LogP contribution >= 0.6 is 0 Å². The Labute approximate surface area is 93.2 Å². The number of aromatic nitrogens is 2. The minimum absolute atomic E-state index is 0.270. The fourth-order valence-electron chi connectivity index (χ4n) is 1.54. The molecule has 0 spiro atoms. The minimum atomic E-state index is 0.270. The lowest BCUT2D eigenvalue weighted by molar-refractivity contribution is 0.310. The van der Waals surface area contributed by atoms with E-state index < -0.39 is 0 Å². The predicted molar refractivity (Wildman–Crippen MR) is 60.1 cm³/mol. The normalized spacial score (nSPS) is 10.4. The van der Waals surface area contributed by atoms with Gasteiger partial charge in [-0.25, -0.2) is 4.63 Å². The second-order valence-corrected chi connectivity index (χ2v) is 3.39. The van der Waals surface area contributed by atoms with Crippen molar-refractivity contribution in [2.24, 2.45) is 0 Å². The quantitative estimate of drug-likeness (QED) is 0.853. The Bertz CT molecular complexity index is 494. The van der Waals surface area contributed by atoms with Crippen LogP contribution in [0.4, 0.5) is 5.82 Å². The van der Waals surface area contributed by atoms with E-state index in [1.54, 1.807) is 7.11 Å². The third kappa shape index (κ3) is 1.71. The van der Waals surface area contributed by atoms with Crippen LogP contribution in [0, 0.1) is 0 Å². The number of nitrogen functional groups attached to an aromatic ring is 1. The van der Waals surface area contributed by atoms with E-state index in [0.29, 0.717) is 11.4 Å². The molecule has 5 heteroatoms. The minimum Gasteiger partial charge on any atom is -0.496 e. The number of rotatable bonds is 3. The third-order valence-corrected chi connectivity index (χ3v) is 2.44. The summed E-state index contributed by atoms with van der Waals surface area (Å²) >= 11 is 0. The van der Waals surface area contributed by atoms with Crippen LogP contribution < -0.4 is 10.5 Å². The lowest BCUT2D eigenvalue weighted by Crippen LogP contribution is -1.94. The summed E-state index contributed by atoms with van der Waals surface area (Å²) < 4.78 is 9.85. The van der Waals surface area contributed by atoms with Crippen molar-refractivity contribution in [3.8, 4) is 17.0 Å². The number of hydrogen-bond donors (Lipinski definition) is 1. The Kier molecular flexibility index (Phi) is 2.76. The molecule has 0 unspecified atom stereocenters. The van der Waals surface area contributed by atoms with Crippen LogP contribution in [0.25, 0.3) is 11.3 Å². The summed E-state index contributed by atoms with van der Waals surface area (Å²) in [5, 5.41) is 7.34. The lowest BCUT2D eigenvalue weighted by Gasteiger charge is -2.07. The summed E-state index contributed by atoms with van der Waals surface area (Å²) in [6, 6.07) is 5.88. The Morgan fingerprint density at radius 1 is 1.38 bits per heavy atom. The van der Waals surface area contributed by atoms with Gasteiger partial charge in [-0.15, -0.1) is 0 Å². The number of methoxy groups -OCH3 is 1. The molecule has 2 N–H and O–H groups in total. The van der Waals surface area contributed by atoms with Crippen molar-refractivity contribution in [2.45, 2.75) is 13.3 Å². The summed E-state index contributed by atoms with van der Waals surface area (Å²) in [6.45, 7) is 2.08. The number of nitrogens with zero attached hydrogens (tertiary/aromatic N) is 2. The van der Waals surface area contributed by atoms with Gasteiger partial charge in [0.05, 0.1) is 7.11 Å². The molecule has 0 atom stereocenters. The molecule has 84 valence electrons. The predicted octanol–water partition coefficient (Wildman–Crippen LogP) is 1.89. The molecule has 0 bridgehead atoms. The maximum atomic E-state index is 5.66. The first-order valence-corrected chi connectivity index (χ1v) is 5.01. The summed E-state index contributed by atoms with van der Waals surface area (Å²) in [7, 11) is 1.61. The molecule has 1 aromatic heterocycles. The summed E-state index contributed by atoms with van der Waals surface area (Å²) in [6.07, 6.45) is 0.933. The molecule has 1 aromatic carbocycles. The Morgan fingerprint density at radius 3 is 2.75 bits per heavy atom. The number of benzene rings is 1. The highest BCUT2D eigenvalue weighted by Gasteiger charge is 2.14. The van der Waals surface area contributed by atoms with Gasteiger partial charge in [-0.2, -0.15) is 0 Å². The van der Waals surface area contributed by atoms with E-state index in [0.717, 1.165) is 12.0 Å². The van der Waals surface area contributed by atoms with Gasteiger partial charge < -0.3 is 10.5 Å². The number of ether oxygens (including phenoxy) is 1. The van der Waals surface area contributed by atoms with Gasteiger partial charge >= 0.3 is 0 Å². The first-order valence-electron chi connectivity index (χ1n) is 5.01. The van der Waals surface area contributed by atoms with Gasteiger partial charge in [0, 0.05) is 5.56 Å². The van der Waals surface area contributed by atoms with Crippen molar-refractivity contribution in [3.05, 3.63) is 23.8 Å². The summed E-state index contributed by atoms with van der Waals surface area (Å²) in [5.74, 6) is 0.978. The molecule has 2 rings (SSSR count). The van der Waals surface area contributed by atoms with Gasteiger partial charge in [-0.05, 0) is 34.4 Å². The van der Waals surface area contributed by atoms with Gasteiger partial charge in [0.25, 0.3) is 0 Å². The van der Waals surface area contributed by atoms with Crippen LogP contribution in [0.1, 0.15) is 12.5 Å². The maximum absolute atomic E-state index is 5.66. The highest BCUT2D eigenvalue weighted by molar-refractivity contribution is 5.75. The first-order chi connectivity index (χ1) is 7.76. The highest BCUT2D eigenvalue weighted by Crippen LogP contribution is 2.32. The van der Waals surface area contributed by atoms with E-state index in [-0.39, 0.29) is 5.82 Å². The van der Waals surface area contributed by atoms with Crippen LogP contribution in [0.2, 0.25) is 0 Å². The van der Waals surface area contributed by atoms with Gasteiger partial charge in [-0.3, -0.25) is 0 Å². The fraction of sp³-hybridized carbons (Fsp3) is 0.273. The van der Waals surface area contributed by atoms with Gasteiger partial charge in [0.2, 0.25) is 0 Å². The molecule has 16 heavy (non-hydrogen) atoms.